The lowest BCUT2D eigenvalue weighted by Gasteiger charge is -2.14. The fraction of sp³-hybridized carbons (Fsp3) is 0.571. The number of rotatable bonds is 4. The van der Waals surface area contributed by atoms with Crippen molar-refractivity contribution in [3.05, 3.63) is 11.1 Å². The van der Waals surface area contributed by atoms with Crippen molar-refractivity contribution in [3.63, 3.8) is 0 Å². The molecule has 74 valence electrons. The first-order valence-corrected chi connectivity index (χ1v) is 4.68. The largest absolute Gasteiger partial charge is 0.389 e. The van der Waals surface area contributed by atoms with Gasteiger partial charge in [-0.3, -0.25) is 0 Å². The number of likely N-dealkylation sites (N-methyl/N-ethyl adjacent to an activating group) is 1. The molecule has 0 aliphatic carbocycles. The first kappa shape index (κ1) is 10.4. The van der Waals surface area contributed by atoms with Crippen molar-refractivity contribution in [2.45, 2.75) is 12.2 Å². The average Bonchev–Trinajstić information content (AvgIpc) is 2.51. The van der Waals surface area contributed by atoms with Crippen LogP contribution in [0.25, 0.3) is 0 Å². The van der Waals surface area contributed by atoms with Gasteiger partial charge in [-0.05, 0) is 7.05 Å². The number of thiazole rings is 1. The topological polar surface area (TPSA) is 91.4 Å². The van der Waals surface area contributed by atoms with E-state index >= 15 is 0 Å². The van der Waals surface area contributed by atoms with Gasteiger partial charge >= 0.3 is 0 Å². The van der Waals surface area contributed by atoms with Crippen molar-refractivity contribution in [2.24, 2.45) is 0 Å². The molecule has 0 saturated carbocycles. The second-order valence-electron chi connectivity index (χ2n) is 2.67. The summed E-state index contributed by atoms with van der Waals surface area (Å²) in [5, 5.41) is 22.1. The summed E-state index contributed by atoms with van der Waals surface area (Å²) >= 11 is 1.18. The number of aromatic nitrogens is 1. The number of anilines is 1. The number of nitrogens with two attached hydrogens (primary N) is 1. The molecule has 0 amide bonds. The highest BCUT2D eigenvalue weighted by Gasteiger charge is 2.19. The van der Waals surface area contributed by atoms with Gasteiger partial charge in [0.05, 0.1) is 11.0 Å². The Bertz CT molecular complexity index is 266. The Labute approximate surface area is 80.2 Å². The van der Waals surface area contributed by atoms with Gasteiger partial charge in [-0.25, -0.2) is 4.98 Å². The van der Waals surface area contributed by atoms with Gasteiger partial charge in [0, 0.05) is 12.7 Å². The van der Waals surface area contributed by atoms with Crippen LogP contribution in [0.4, 0.5) is 5.13 Å². The van der Waals surface area contributed by atoms with E-state index in [0.717, 1.165) is 0 Å². The Kier molecular flexibility index (Phi) is 3.61. The highest BCUT2D eigenvalue weighted by atomic mass is 32.1. The summed E-state index contributed by atoms with van der Waals surface area (Å²) in [6.45, 7) is 0.332. The van der Waals surface area contributed by atoms with E-state index < -0.39 is 12.2 Å². The van der Waals surface area contributed by atoms with Crippen LogP contribution in [0.2, 0.25) is 0 Å². The minimum atomic E-state index is -0.915. The second kappa shape index (κ2) is 4.52. The lowest BCUT2D eigenvalue weighted by molar-refractivity contribution is 0.0223. The molecule has 0 fully saturated rings. The highest BCUT2D eigenvalue weighted by molar-refractivity contribution is 7.15. The summed E-state index contributed by atoms with van der Waals surface area (Å²) in [6, 6.07) is 0. The van der Waals surface area contributed by atoms with Gasteiger partial charge in [-0.15, -0.1) is 0 Å². The van der Waals surface area contributed by atoms with E-state index in [4.69, 9.17) is 5.73 Å². The van der Waals surface area contributed by atoms with E-state index in [2.05, 4.69) is 10.3 Å². The van der Waals surface area contributed by atoms with Crippen LogP contribution in [-0.4, -0.2) is 34.9 Å². The summed E-state index contributed by atoms with van der Waals surface area (Å²) in [5.41, 5.74) is 5.39. The van der Waals surface area contributed by atoms with Crippen LogP contribution in [0.1, 0.15) is 11.0 Å². The fourth-order valence-corrected chi connectivity index (χ4v) is 1.68. The molecule has 0 aliphatic heterocycles. The van der Waals surface area contributed by atoms with Crippen molar-refractivity contribution in [1.29, 1.82) is 0 Å². The molecule has 0 spiro atoms. The van der Waals surface area contributed by atoms with E-state index in [0.29, 0.717) is 16.6 Å². The molecule has 5 N–H and O–H groups in total. The summed E-state index contributed by atoms with van der Waals surface area (Å²) in [6.07, 6.45) is -0.268. The summed E-state index contributed by atoms with van der Waals surface area (Å²) < 4.78 is 0. The van der Waals surface area contributed by atoms with E-state index in [1.165, 1.54) is 17.5 Å². The first-order valence-electron chi connectivity index (χ1n) is 3.87. The normalized spacial score (nSPS) is 15.6. The van der Waals surface area contributed by atoms with Gasteiger partial charge in [0.1, 0.15) is 6.10 Å². The molecule has 0 bridgehead atoms. The summed E-state index contributed by atoms with van der Waals surface area (Å²) in [5.74, 6) is 0. The standard InChI is InChI=1S/C7H13N3O2S/c1-9-2-4(11)6(12)5-3-10-7(8)13-5/h3-4,6,9,11-12H,2H2,1H3,(H2,8,10). The van der Waals surface area contributed by atoms with Gasteiger partial charge in [0.2, 0.25) is 0 Å². The lowest BCUT2D eigenvalue weighted by atomic mass is 10.2. The van der Waals surface area contributed by atoms with E-state index in [-0.39, 0.29) is 0 Å². The predicted octanol–water partition coefficient (Wildman–Crippen LogP) is -0.661. The van der Waals surface area contributed by atoms with Crippen molar-refractivity contribution < 1.29 is 10.2 Å². The van der Waals surface area contributed by atoms with Gasteiger partial charge in [-0.1, -0.05) is 11.3 Å². The molecule has 1 rings (SSSR count). The zero-order chi connectivity index (χ0) is 9.84. The number of aliphatic hydroxyl groups excluding tert-OH is 2. The molecule has 6 heteroatoms. The van der Waals surface area contributed by atoms with E-state index in [1.54, 1.807) is 7.05 Å². The summed E-state index contributed by atoms with van der Waals surface area (Å²) in [7, 11) is 1.71. The van der Waals surface area contributed by atoms with Crippen LogP contribution in [0.3, 0.4) is 0 Å². The van der Waals surface area contributed by atoms with Crippen molar-refractivity contribution in [1.82, 2.24) is 10.3 Å². The fourth-order valence-electron chi connectivity index (χ4n) is 0.948. The third-order valence-electron chi connectivity index (χ3n) is 1.61. The van der Waals surface area contributed by atoms with Crippen LogP contribution in [-0.2, 0) is 0 Å². The maximum absolute atomic E-state index is 9.56. The molecule has 5 nitrogen and oxygen atoms in total. The Morgan fingerprint density at radius 3 is 2.85 bits per heavy atom. The molecule has 2 atom stereocenters. The Morgan fingerprint density at radius 1 is 1.69 bits per heavy atom. The molecule has 1 aromatic heterocycles. The Morgan fingerprint density at radius 2 is 2.38 bits per heavy atom. The number of hydrogen-bond donors (Lipinski definition) is 4. The number of hydrogen-bond acceptors (Lipinski definition) is 6. The van der Waals surface area contributed by atoms with Crippen LogP contribution in [0.5, 0.6) is 0 Å². The SMILES string of the molecule is CNCC(O)C(O)c1cnc(N)s1. The van der Waals surface area contributed by atoms with E-state index in [9.17, 15) is 10.2 Å². The first-order chi connectivity index (χ1) is 6.15. The van der Waals surface area contributed by atoms with Gasteiger partial charge in [0.25, 0.3) is 0 Å². The van der Waals surface area contributed by atoms with Crippen LogP contribution >= 0.6 is 11.3 Å². The third kappa shape index (κ3) is 2.63. The third-order valence-corrected chi connectivity index (χ3v) is 2.51. The molecule has 0 saturated heterocycles. The number of nitrogens with zero attached hydrogens (tertiary/aromatic N) is 1. The molecule has 13 heavy (non-hydrogen) atoms. The molecule has 0 aromatic carbocycles. The van der Waals surface area contributed by atoms with Crippen molar-refractivity contribution >= 4 is 16.5 Å². The molecular formula is C7H13N3O2S. The minimum Gasteiger partial charge on any atom is -0.389 e. The van der Waals surface area contributed by atoms with Crippen LogP contribution < -0.4 is 11.1 Å². The molecular weight excluding hydrogens is 190 g/mol. The predicted molar refractivity (Wildman–Crippen MR) is 51.4 cm³/mol. The lowest BCUT2D eigenvalue weighted by Crippen LogP contribution is -2.29. The Balaban J connectivity index is 2.61. The summed E-state index contributed by atoms with van der Waals surface area (Å²) in [4.78, 5) is 4.37. The highest BCUT2D eigenvalue weighted by Crippen LogP contribution is 2.24. The molecule has 2 unspecified atom stereocenters. The second-order valence-corrected chi connectivity index (χ2v) is 3.76. The van der Waals surface area contributed by atoms with Gasteiger partial charge < -0.3 is 21.3 Å². The van der Waals surface area contributed by atoms with Crippen LogP contribution in [0, 0.1) is 0 Å². The molecule has 0 aliphatic rings. The Hall–Kier alpha value is -0.690. The monoisotopic (exact) mass is 203 g/mol. The van der Waals surface area contributed by atoms with Crippen LogP contribution in [0.15, 0.2) is 6.20 Å². The van der Waals surface area contributed by atoms with Gasteiger partial charge in [0.15, 0.2) is 5.13 Å². The smallest absolute Gasteiger partial charge is 0.180 e. The number of nitrogens with one attached hydrogen (secondary N) is 1. The maximum atomic E-state index is 9.56. The average molecular weight is 203 g/mol. The van der Waals surface area contributed by atoms with Gasteiger partial charge in [-0.2, -0.15) is 0 Å². The molecule has 1 heterocycles. The maximum Gasteiger partial charge on any atom is 0.180 e. The quantitative estimate of drug-likeness (QED) is 0.521. The number of nitrogen functional groups attached to an aromatic ring is 1. The zero-order valence-electron chi connectivity index (χ0n) is 7.27. The van der Waals surface area contributed by atoms with Crippen molar-refractivity contribution in [2.75, 3.05) is 19.3 Å². The molecule has 1 aromatic rings. The minimum absolute atomic E-state index is 0.332. The van der Waals surface area contributed by atoms with E-state index in [1.807, 2.05) is 0 Å². The molecule has 0 radical (unpaired) electrons. The number of aliphatic hydroxyl groups is 2. The van der Waals surface area contributed by atoms with Crippen molar-refractivity contribution in [3.8, 4) is 0 Å². The zero-order valence-corrected chi connectivity index (χ0v) is 8.08.